The molecule has 0 unspecified atom stereocenters. The third-order valence-corrected chi connectivity index (χ3v) is 3.62. The minimum atomic E-state index is -3.31. The molecule has 0 aliphatic heterocycles. The number of nitrogens with one attached hydrogen (secondary N) is 2. The summed E-state index contributed by atoms with van der Waals surface area (Å²) in [6.45, 7) is 0. The highest BCUT2D eigenvalue weighted by molar-refractivity contribution is 7.92. The van der Waals surface area contributed by atoms with Crippen LogP contribution < -0.4 is 10.0 Å². The molecule has 0 radical (unpaired) electrons. The van der Waals surface area contributed by atoms with Gasteiger partial charge in [-0.3, -0.25) is 9.52 Å². The van der Waals surface area contributed by atoms with E-state index in [2.05, 4.69) is 22.2 Å². The average molecular weight is 294 g/mol. The van der Waals surface area contributed by atoms with Crippen LogP contribution in [0.2, 0.25) is 0 Å². The topological polar surface area (TPSA) is 75.3 Å². The van der Waals surface area contributed by atoms with Crippen LogP contribution in [0.4, 0.5) is 11.4 Å². The molecule has 0 aromatic heterocycles. The van der Waals surface area contributed by atoms with Crippen LogP contribution in [0.15, 0.2) is 36.4 Å². The normalized spacial score (nSPS) is 17.9. The Morgan fingerprint density at radius 2 is 2.10 bits per heavy atom. The van der Waals surface area contributed by atoms with E-state index in [0.29, 0.717) is 23.7 Å². The maximum Gasteiger partial charge on any atom is 0.229 e. The highest BCUT2D eigenvalue weighted by Crippen LogP contribution is 2.22. The Bertz CT molecular complexity index is 623. The Morgan fingerprint density at radius 3 is 2.75 bits per heavy atom. The van der Waals surface area contributed by atoms with Crippen LogP contribution in [0.1, 0.15) is 19.3 Å². The van der Waals surface area contributed by atoms with Crippen molar-refractivity contribution in [1.29, 1.82) is 0 Å². The molecule has 0 spiro atoms. The standard InChI is InChI=1S/C14H18N2O3S/c1-20(18,19)16-13-8-4-7-12(10-13)15-14(17)9-11-5-2-3-6-11/h2,4-5,7-8,10-11,16H,3,6,9H2,1H3,(H,15,17)/t11-/m1/s1. The molecular weight excluding hydrogens is 276 g/mol. The van der Waals surface area contributed by atoms with Crippen molar-refractivity contribution in [2.24, 2.45) is 5.92 Å². The molecule has 5 nitrogen and oxygen atoms in total. The molecule has 20 heavy (non-hydrogen) atoms. The number of sulfonamides is 1. The SMILES string of the molecule is CS(=O)(=O)Nc1cccc(NC(=O)C[C@@H]2C=CCC2)c1. The second-order valence-electron chi connectivity index (χ2n) is 4.97. The van der Waals surface area contributed by atoms with Gasteiger partial charge in [0.05, 0.1) is 11.9 Å². The van der Waals surface area contributed by atoms with E-state index in [-0.39, 0.29) is 5.91 Å². The summed E-state index contributed by atoms with van der Waals surface area (Å²) in [4.78, 5) is 11.9. The van der Waals surface area contributed by atoms with Gasteiger partial charge in [0.1, 0.15) is 0 Å². The summed E-state index contributed by atoms with van der Waals surface area (Å²) in [6, 6.07) is 6.66. The molecule has 0 saturated carbocycles. The van der Waals surface area contributed by atoms with Crippen molar-refractivity contribution >= 4 is 27.3 Å². The number of rotatable bonds is 5. The summed E-state index contributed by atoms with van der Waals surface area (Å²) >= 11 is 0. The average Bonchev–Trinajstić information content (AvgIpc) is 2.79. The van der Waals surface area contributed by atoms with Crippen molar-refractivity contribution in [1.82, 2.24) is 0 Å². The highest BCUT2D eigenvalue weighted by atomic mass is 32.2. The van der Waals surface area contributed by atoms with Gasteiger partial charge in [-0.15, -0.1) is 0 Å². The van der Waals surface area contributed by atoms with Crippen molar-refractivity contribution in [2.45, 2.75) is 19.3 Å². The lowest BCUT2D eigenvalue weighted by atomic mass is 10.1. The molecule has 1 aromatic rings. The molecule has 1 amide bonds. The number of carbonyl (C=O) groups is 1. The minimum absolute atomic E-state index is 0.0574. The van der Waals surface area contributed by atoms with Gasteiger partial charge >= 0.3 is 0 Å². The number of hydrogen-bond donors (Lipinski definition) is 2. The first-order valence-electron chi connectivity index (χ1n) is 6.47. The fourth-order valence-corrected chi connectivity index (χ4v) is 2.75. The predicted molar refractivity (Wildman–Crippen MR) is 80.0 cm³/mol. The zero-order valence-electron chi connectivity index (χ0n) is 11.3. The third kappa shape index (κ3) is 4.70. The van der Waals surface area contributed by atoms with Gasteiger partial charge in [0.15, 0.2) is 0 Å². The molecule has 0 heterocycles. The molecular formula is C14H18N2O3S. The van der Waals surface area contributed by atoms with Gasteiger partial charge < -0.3 is 5.32 Å². The van der Waals surface area contributed by atoms with E-state index in [4.69, 9.17) is 0 Å². The molecule has 2 rings (SSSR count). The Balaban J connectivity index is 1.96. The number of allylic oxidation sites excluding steroid dienone is 2. The first-order chi connectivity index (χ1) is 9.42. The fourth-order valence-electron chi connectivity index (χ4n) is 2.19. The Labute approximate surface area is 119 Å². The largest absolute Gasteiger partial charge is 0.326 e. The second kappa shape index (κ2) is 6.09. The van der Waals surface area contributed by atoms with Gasteiger partial charge in [-0.1, -0.05) is 18.2 Å². The van der Waals surface area contributed by atoms with Gasteiger partial charge in [-0.2, -0.15) is 0 Å². The quantitative estimate of drug-likeness (QED) is 0.819. The molecule has 0 fully saturated rings. The van der Waals surface area contributed by atoms with Crippen LogP contribution >= 0.6 is 0 Å². The van der Waals surface area contributed by atoms with Gasteiger partial charge in [0, 0.05) is 12.1 Å². The maximum absolute atomic E-state index is 11.9. The molecule has 1 aromatic carbocycles. The summed E-state index contributed by atoms with van der Waals surface area (Å²) < 4.78 is 24.7. The second-order valence-corrected chi connectivity index (χ2v) is 6.72. The van der Waals surface area contributed by atoms with Crippen LogP contribution in [0.25, 0.3) is 0 Å². The van der Waals surface area contributed by atoms with Gasteiger partial charge in [0.25, 0.3) is 0 Å². The van der Waals surface area contributed by atoms with Crippen LogP contribution in [0.5, 0.6) is 0 Å². The molecule has 1 atom stereocenters. The van der Waals surface area contributed by atoms with Gasteiger partial charge in [0.2, 0.25) is 15.9 Å². The zero-order valence-corrected chi connectivity index (χ0v) is 12.1. The lowest BCUT2D eigenvalue weighted by Gasteiger charge is -2.10. The third-order valence-electron chi connectivity index (χ3n) is 3.01. The summed E-state index contributed by atoms with van der Waals surface area (Å²) in [5, 5.41) is 2.79. The molecule has 2 N–H and O–H groups in total. The van der Waals surface area contributed by atoms with E-state index in [9.17, 15) is 13.2 Å². The monoisotopic (exact) mass is 294 g/mol. The molecule has 0 saturated heterocycles. The number of hydrogen-bond acceptors (Lipinski definition) is 3. The van der Waals surface area contributed by atoms with Crippen molar-refractivity contribution in [3.8, 4) is 0 Å². The lowest BCUT2D eigenvalue weighted by molar-refractivity contribution is -0.116. The van der Waals surface area contributed by atoms with Crippen molar-refractivity contribution in [3.63, 3.8) is 0 Å². The fraction of sp³-hybridized carbons (Fsp3) is 0.357. The smallest absolute Gasteiger partial charge is 0.229 e. The van der Waals surface area contributed by atoms with Crippen LogP contribution in [-0.4, -0.2) is 20.6 Å². The van der Waals surface area contributed by atoms with Gasteiger partial charge in [-0.05, 0) is 37.0 Å². The predicted octanol–water partition coefficient (Wildman–Crippen LogP) is 2.35. The minimum Gasteiger partial charge on any atom is -0.326 e. The van der Waals surface area contributed by atoms with Crippen LogP contribution in [-0.2, 0) is 14.8 Å². The van der Waals surface area contributed by atoms with E-state index in [1.54, 1.807) is 24.3 Å². The maximum atomic E-state index is 11.9. The number of anilines is 2. The first-order valence-corrected chi connectivity index (χ1v) is 8.36. The van der Waals surface area contributed by atoms with Crippen molar-refractivity contribution < 1.29 is 13.2 Å². The van der Waals surface area contributed by atoms with E-state index in [1.165, 1.54) is 0 Å². The van der Waals surface area contributed by atoms with Gasteiger partial charge in [-0.25, -0.2) is 8.42 Å². The number of carbonyl (C=O) groups excluding carboxylic acids is 1. The Morgan fingerprint density at radius 1 is 1.35 bits per heavy atom. The Kier molecular flexibility index (Phi) is 4.44. The van der Waals surface area contributed by atoms with E-state index < -0.39 is 10.0 Å². The molecule has 6 heteroatoms. The highest BCUT2D eigenvalue weighted by Gasteiger charge is 2.14. The van der Waals surface area contributed by atoms with E-state index in [0.717, 1.165) is 19.1 Å². The number of amides is 1. The molecule has 108 valence electrons. The lowest BCUT2D eigenvalue weighted by Crippen LogP contribution is -2.15. The number of benzene rings is 1. The summed E-state index contributed by atoms with van der Waals surface area (Å²) in [5.74, 6) is 0.255. The Hall–Kier alpha value is -1.82. The van der Waals surface area contributed by atoms with Crippen LogP contribution in [0, 0.1) is 5.92 Å². The van der Waals surface area contributed by atoms with Crippen LogP contribution in [0.3, 0.4) is 0 Å². The zero-order chi connectivity index (χ0) is 14.6. The first kappa shape index (κ1) is 14.6. The molecule has 0 bridgehead atoms. The van der Waals surface area contributed by atoms with Crippen molar-refractivity contribution in [3.05, 3.63) is 36.4 Å². The summed E-state index contributed by atoms with van der Waals surface area (Å²) in [7, 11) is -3.31. The summed E-state index contributed by atoms with van der Waals surface area (Å²) in [6.07, 6.45) is 7.76. The van der Waals surface area contributed by atoms with E-state index in [1.807, 2.05) is 0 Å². The molecule has 1 aliphatic rings. The van der Waals surface area contributed by atoms with Crippen molar-refractivity contribution in [2.75, 3.05) is 16.3 Å². The van der Waals surface area contributed by atoms with E-state index >= 15 is 0 Å². The summed E-state index contributed by atoms with van der Waals surface area (Å²) in [5.41, 5.74) is 1.02. The molecule has 1 aliphatic carbocycles.